The molecule has 1 saturated carbocycles. The molecule has 1 atom stereocenters. The third kappa shape index (κ3) is 3.24. The third-order valence-corrected chi connectivity index (χ3v) is 5.21. The van der Waals surface area contributed by atoms with Gasteiger partial charge in [-0.25, -0.2) is 9.97 Å². The lowest BCUT2D eigenvalue weighted by molar-refractivity contribution is -0.0335. The fourth-order valence-corrected chi connectivity index (χ4v) is 3.95. The SMILES string of the molecule is C[C@@H](NCc1nccc(N)n1)C1(N2CCOCC2)CCCC1. The average Bonchev–Trinajstić information content (AvgIpc) is 3.04. The topological polar surface area (TPSA) is 76.3 Å². The highest BCUT2D eigenvalue weighted by molar-refractivity contribution is 5.25. The van der Waals surface area contributed by atoms with Crippen LogP contribution in [0.25, 0.3) is 0 Å². The first-order valence-corrected chi connectivity index (χ1v) is 8.34. The minimum Gasteiger partial charge on any atom is -0.384 e. The third-order valence-electron chi connectivity index (χ3n) is 5.21. The Morgan fingerprint density at radius 1 is 1.36 bits per heavy atom. The first-order chi connectivity index (χ1) is 10.7. The molecule has 0 bridgehead atoms. The Morgan fingerprint density at radius 3 is 2.77 bits per heavy atom. The van der Waals surface area contributed by atoms with Crippen LogP contribution < -0.4 is 11.1 Å². The zero-order valence-corrected chi connectivity index (χ0v) is 13.4. The molecule has 1 aromatic heterocycles. The van der Waals surface area contributed by atoms with Gasteiger partial charge < -0.3 is 15.8 Å². The van der Waals surface area contributed by atoms with E-state index in [1.165, 1.54) is 25.7 Å². The van der Waals surface area contributed by atoms with E-state index in [1.54, 1.807) is 12.3 Å². The van der Waals surface area contributed by atoms with Gasteiger partial charge in [-0.1, -0.05) is 12.8 Å². The molecule has 2 aliphatic rings. The van der Waals surface area contributed by atoms with Gasteiger partial charge in [-0.2, -0.15) is 0 Å². The summed E-state index contributed by atoms with van der Waals surface area (Å²) < 4.78 is 5.53. The maximum atomic E-state index is 5.73. The van der Waals surface area contributed by atoms with Crippen LogP contribution in [0.2, 0.25) is 0 Å². The van der Waals surface area contributed by atoms with Gasteiger partial charge in [-0.15, -0.1) is 0 Å². The summed E-state index contributed by atoms with van der Waals surface area (Å²) in [6, 6.07) is 2.12. The van der Waals surface area contributed by atoms with E-state index in [-0.39, 0.29) is 5.54 Å². The Morgan fingerprint density at radius 2 is 2.09 bits per heavy atom. The predicted octanol–water partition coefficient (Wildman–Crippen LogP) is 1.18. The van der Waals surface area contributed by atoms with Gasteiger partial charge in [0.15, 0.2) is 0 Å². The number of nitrogens with two attached hydrogens (primary N) is 1. The molecule has 3 rings (SSSR count). The van der Waals surface area contributed by atoms with E-state index in [2.05, 4.69) is 27.1 Å². The van der Waals surface area contributed by atoms with E-state index in [4.69, 9.17) is 10.5 Å². The number of hydrogen-bond donors (Lipinski definition) is 2. The van der Waals surface area contributed by atoms with E-state index in [0.717, 1.165) is 32.1 Å². The Labute approximate surface area is 132 Å². The predicted molar refractivity (Wildman–Crippen MR) is 86.3 cm³/mol. The Hall–Kier alpha value is -1.24. The monoisotopic (exact) mass is 305 g/mol. The van der Waals surface area contributed by atoms with Crippen molar-refractivity contribution in [3.05, 3.63) is 18.1 Å². The number of morpholine rings is 1. The number of nitrogens with zero attached hydrogens (tertiary/aromatic N) is 3. The van der Waals surface area contributed by atoms with Gasteiger partial charge in [-0.05, 0) is 25.8 Å². The summed E-state index contributed by atoms with van der Waals surface area (Å²) in [5.74, 6) is 1.30. The minimum absolute atomic E-state index is 0.254. The molecule has 0 aromatic carbocycles. The van der Waals surface area contributed by atoms with Crippen molar-refractivity contribution in [2.45, 2.75) is 50.7 Å². The van der Waals surface area contributed by atoms with Crippen LogP contribution >= 0.6 is 0 Å². The van der Waals surface area contributed by atoms with Crippen LogP contribution in [-0.4, -0.2) is 52.8 Å². The summed E-state index contributed by atoms with van der Waals surface area (Å²) in [7, 11) is 0. The second-order valence-electron chi connectivity index (χ2n) is 6.41. The number of aromatic nitrogens is 2. The molecule has 0 radical (unpaired) electrons. The van der Waals surface area contributed by atoms with E-state index >= 15 is 0 Å². The maximum Gasteiger partial charge on any atom is 0.144 e. The van der Waals surface area contributed by atoms with E-state index in [1.807, 2.05) is 0 Å². The first-order valence-electron chi connectivity index (χ1n) is 8.34. The van der Waals surface area contributed by atoms with Crippen molar-refractivity contribution < 1.29 is 4.74 Å². The van der Waals surface area contributed by atoms with Gasteiger partial charge in [-0.3, -0.25) is 4.90 Å². The Bertz CT molecular complexity index is 483. The number of nitrogens with one attached hydrogen (secondary N) is 1. The molecule has 0 amide bonds. The number of ether oxygens (including phenoxy) is 1. The van der Waals surface area contributed by atoms with Gasteiger partial charge in [0.1, 0.15) is 11.6 Å². The fraction of sp³-hybridized carbons (Fsp3) is 0.750. The molecule has 22 heavy (non-hydrogen) atoms. The van der Waals surface area contributed by atoms with Crippen LogP contribution in [0, 0.1) is 0 Å². The summed E-state index contributed by atoms with van der Waals surface area (Å²) in [4.78, 5) is 11.2. The van der Waals surface area contributed by atoms with E-state index in [0.29, 0.717) is 18.4 Å². The lowest BCUT2D eigenvalue weighted by atomic mass is 9.86. The zero-order chi connectivity index (χ0) is 15.4. The normalized spacial score (nSPS) is 23.5. The van der Waals surface area contributed by atoms with Crippen molar-refractivity contribution in [2.24, 2.45) is 0 Å². The quantitative estimate of drug-likeness (QED) is 0.851. The number of rotatable bonds is 5. The Kier molecular flexibility index (Phi) is 4.90. The molecule has 0 unspecified atom stereocenters. The second-order valence-corrected chi connectivity index (χ2v) is 6.41. The fourth-order valence-electron chi connectivity index (χ4n) is 3.95. The van der Waals surface area contributed by atoms with Crippen molar-refractivity contribution in [3.63, 3.8) is 0 Å². The number of nitrogen functional groups attached to an aromatic ring is 1. The highest BCUT2D eigenvalue weighted by Crippen LogP contribution is 2.38. The molecule has 2 fully saturated rings. The van der Waals surface area contributed by atoms with Crippen LogP contribution in [0.3, 0.4) is 0 Å². The minimum atomic E-state index is 0.254. The summed E-state index contributed by atoms with van der Waals surface area (Å²) in [6.07, 6.45) is 6.88. The van der Waals surface area contributed by atoms with Crippen LogP contribution in [0.4, 0.5) is 5.82 Å². The van der Waals surface area contributed by atoms with Crippen LogP contribution in [0.1, 0.15) is 38.4 Å². The summed E-state index contributed by atoms with van der Waals surface area (Å²) >= 11 is 0. The van der Waals surface area contributed by atoms with Crippen molar-refractivity contribution in [2.75, 3.05) is 32.0 Å². The molecular weight excluding hydrogens is 278 g/mol. The average molecular weight is 305 g/mol. The molecule has 122 valence electrons. The van der Waals surface area contributed by atoms with Gasteiger partial charge in [0.2, 0.25) is 0 Å². The maximum absolute atomic E-state index is 5.73. The summed E-state index contributed by atoms with van der Waals surface area (Å²) in [6.45, 7) is 6.76. The second kappa shape index (κ2) is 6.89. The lowest BCUT2D eigenvalue weighted by Crippen LogP contribution is -2.61. The summed E-state index contributed by atoms with van der Waals surface area (Å²) in [5, 5.41) is 3.64. The molecule has 1 aromatic rings. The number of anilines is 1. The Balaban J connectivity index is 1.66. The van der Waals surface area contributed by atoms with Gasteiger partial charge in [0.25, 0.3) is 0 Å². The van der Waals surface area contributed by atoms with E-state index in [9.17, 15) is 0 Å². The van der Waals surface area contributed by atoms with Crippen molar-refractivity contribution >= 4 is 5.82 Å². The molecule has 3 N–H and O–H groups in total. The molecule has 1 saturated heterocycles. The lowest BCUT2D eigenvalue weighted by Gasteiger charge is -2.47. The molecule has 1 aliphatic carbocycles. The summed E-state index contributed by atoms with van der Waals surface area (Å²) in [5.41, 5.74) is 5.98. The molecule has 1 aliphatic heterocycles. The zero-order valence-electron chi connectivity index (χ0n) is 13.4. The first kappa shape index (κ1) is 15.6. The van der Waals surface area contributed by atoms with E-state index < -0.39 is 0 Å². The van der Waals surface area contributed by atoms with Crippen molar-refractivity contribution in [3.8, 4) is 0 Å². The smallest absolute Gasteiger partial charge is 0.144 e. The van der Waals surface area contributed by atoms with Crippen LogP contribution in [0.15, 0.2) is 12.3 Å². The molecule has 6 heteroatoms. The molecule has 2 heterocycles. The van der Waals surface area contributed by atoms with Crippen LogP contribution in [-0.2, 0) is 11.3 Å². The standard InChI is InChI=1S/C16H27N5O/c1-13(19-12-15-18-7-4-14(17)20-15)16(5-2-3-6-16)21-8-10-22-11-9-21/h4,7,13,19H,2-3,5-6,8-12H2,1H3,(H2,17,18,20)/t13-/m1/s1. The number of hydrogen-bond acceptors (Lipinski definition) is 6. The molecule has 0 spiro atoms. The largest absolute Gasteiger partial charge is 0.384 e. The molecular formula is C16H27N5O. The van der Waals surface area contributed by atoms with Crippen LogP contribution in [0.5, 0.6) is 0 Å². The molecule has 6 nitrogen and oxygen atoms in total. The van der Waals surface area contributed by atoms with Gasteiger partial charge in [0.05, 0.1) is 19.8 Å². The van der Waals surface area contributed by atoms with Gasteiger partial charge >= 0.3 is 0 Å². The van der Waals surface area contributed by atoms with Crippen molar-refractivity contribution in [1.29, 1.82) is 0 Å². The highest BCUT2D eigenvalue weighted by Gasteiger charge is 2.44. The highest BCUT2D eigenvalue weighted by atomic mass is 16.5. The van der Waals surface area contributed by atoms with Gasteiger partial charge in [0, 0.05) is 30.9 Å². The van der Waals surface area contributed by atoms with Crippen molar-refractivity contribution in [1.82, 2.24) is 20.2 Å².